The highest BCUT2D eigenvalue weighted by molar-refractivity contribution is 7.45. The SMILES string of the molecule is CC/C=C\C/C=C\C/C=C\C/C=C\C/C=C\C/C=C\CCCCCCCCCCCCCCCCCCC(=O)OC(COC(=O)CCCCCCCCCCCCCCCCCCCCCCCCCCC/C=C\C/C=C\CCCCCCC)COP(=O)([O-])OCC[N+](C)(C)C. The van der Waals surface area contributed by atoms with Crippen LogP contribution in [-0.2, 0) is 32.7 Å². The van der Waals surface area contributed by atoms with Gasteiger partial charge >= 0.3 is 11.9 Å². The molecule has 96 heavy (non-hydrogen) atoms. The zero-order chi connectivity index (χ0) is 69.7. The fraction of sp³-hybridized carbons (Fsp3) is 0.791. The average molecular weight is 1360 g/mol. The third-order valence-corrected chi connectivity index (χ3v) is 19.1. The van der Waals surface area contributed by atoms with E-state index in [4.69, 9.17) is 18.5 Å². The fourth-order valence-corrected chi connectivity index (χ4v) is 12.6. The average Bonchev–Trinajstić information content (AvgIpc) is 2.74. The number of hydrogen-bond acceptors (Lipinski definition) is 8. The van der Waals surface area contributed by atoms with Crippen molar-refractivity contribution in [2.75, 3.05) is 47.5 Å². The molecule has 558 valence electrons. The first-order chi connectivity index (χ1) is 47.0. The number of unbranched alkanes of at least 4 members (excludes halogenated alkanes) is 46. The molecule has 0 bridgehead atoms. The highest BCUT2D eigenvalue weighted by Gasteiger charge is 2.22. The molecule has 0 rings (SSSR count). The Morgan fingerprint density at radius 1 is 0.333 bits per heavy atom. The third-order valence-electron chi connectivity index (χ3n) is 18.1. The number of rotatable bonds is 76. The van der Waals surface area contributed by atoms with Crippen molar-refractivity contribution < 1.29 is 42.1 Å². The van der Waals surface area contributed by atoms with E-state index in [0.717, 1.165) is 83.5 Å². The third kappa shape index (κ3) is 79.9. The summed E-state index contributed by atoms with van der Waals surface area (Å²) in [6.45, 7) is 4.17. The standard InChI is InChI=1S/C86H156NO8P/c1-6-8-10-12-14-16-18-20-22-24-26-28-30-32-34-36-38-40-42-43-45-46-48-50-52-54-56-58-60-62-64-66-68-70-72-74-76-78-85(88)92-82-84(83-94-96(90,91)93-81-80-87(3,4)5)95-86(89)79-77-75-73-71-69-67-65-63-61-59-57-55-53-51-49-47-44-41-39-37-35-33-31-29-27-25-23-21-19-17-15-13-11-9-7-2/h9,11,15,17-18,20-21,23-24,26-27,29,33,35,39,41,84H,6-8,10,12-14,16,19,22,25,28,30-32,34,36-38,40,42-83H2,1-5H3/b11-9-,17-15-,20-18-,23-21-,26-24-,29-27-,35-33-,41-39-. The first-order valence-corrected chi connectivity index (χ1v) is 42.4. The van der Waals surface area contributed by atoms with Crippen molar-refractivity contribution in [3.63, 3.8) is 0 Å². The lowest BCUT2D eigenvalue weighted by Gasteiger charge is -2.28. The molecule has 2 unspecified atom stereocenters. The smallest absolute Gasteiger partial charge is 0.306 e. The number of likely N-dealkylation sites (N-methyl/N-ethyl adjacent to an activating group) is 1. The van der Waals surface area contributed by atoms with Gasteiger partial charge in [-0.15, -0.1) is 0 Å². The molecule has 0 aromatic heterocycles. The van der Waals surface area contributed by atoms with Crippen LogP contribution in [0.5, 0.6) is 0 Å². The lowest BCUT2D eigenvalue weighted by molar-refractivity contribution is -0.870. The zero-order valence-corrected chi connectivity index (χ0v) is 64.7. The Labute approximate surface area is 595 Å². The Kier molecular flexibility index (Phi) is 73.7. The number of carbonyl (C=O) groups is 2. The van der Waals surface area contributed by atoms with E-state index < -0.39 is 26.5 Å². The molecule has 0 fully saturated rings. The number of nitrogens with zero attached hydrogens (tertiary/aromatic N) is 1. The zero-order valence-electron chi connectivity index (χ0n) is 63.8. The number of phosphoric acid groups is 1. The lowest BCUT2D eigenvalue weighted by atomic mass is 10.0. The summed E-state index contributed by atoms with van der Waals surface area (Å²) in [5, 5.41) is 0. The monoisotopic (exact) mass is 1360 g/mol. The second-order valence-corrected chi connectivity index (χ2v) is 30.2. The minimum atomic E-state index is -4.65. The van der Waals surface area contributed by atoms with Crippen molar-refractivity contribution in [3.8, 4) is 0 Å². The Morgan fingerprint density at radius 3 is 0.885 bits per heavy atom. The van der Waals surface area contributed by atoms with Crippen molar-refractivity contribution in [3.05, 3.63) is 97.2 Å². The topological polar surface area (TPSA) is 111 Å². The molecule has 0 aliphatic carbocycles. The Hall–Kier alpha value is -3.07. The first kappa shape index (κ1) is 92.9. The maximum atomic E-state index is 12.9. The summed E-state index contributed by atoms with van der Waals surface area (Å²) in [5.41, 5.74) is 0. The van der Waals surface area contributed by atoms with Crippen LogP contribution >= 0.6 is 7.82 Å². The van der Waals surface area contributed by atoms with E-state index >= 15 is 0 Å². The highest BCUT2D eigenvalue weighted by Crippen LogP contribution is 2.38. The summed E-state index contributed by atoms with van der Waals surface area (Å²) >= 11 is 0. The minimum absolute atomic E-state index is 0.0311. The van der Waals surface area contributed by atoms with Crippen LogP contribution in [0.2, 0.25) is 0 Å². The van der Waals surface area contributed by atoms with Crippen LogP contribution in [0.25, 0.3) is 0 Å². The number of quaternary nitrogens is 1. The van der Waals surface area contributed by atoms with E-state index in [1.807, 2.05) is 21.1 Å². The quantitative estimate of drug-likeness (QED) is 0.0195. The van der Waals surface area contributed by atoms with Gasteiger partial charge < -0.3 is 27.9 Å². The molecule has 0 spiro atoms. The van der Waals surface area contributed by atoms with Gasteiger partial charge in [0.05, 0.1) is 27.7 Å². The summed E-state index contributed by atoms with van der Waals surface area (Å²) in [6, 6.07) is 0. The molecule has 0 aliphatic heterocycles. The molecular formula is C86H156NO8P. The van der Waals surface area contributed by atoms with Gasteiger partial charge in [-0.2, -0.15) is 0 Å². The van der Waals surface area contributed by atoms with E-state index in [1.165, 1.54) is 270 Å². The van der Waals surface area contributed by atoms with Crippen LogP contribution < -0.4 is 4.89 Å². The minimum Gasteiger partial charge on any atom is -0.756 e. The summed E-state index contributed by atoms with van der Waals surface area (Å²) in [6.07, 6.45) is 107. The predicted molar refractivity (Wildman–Crippen MR) is 416 cm³/mol. The van der Waals surface area contributed by atoms with Crippen molar-refractivity contribution in [2.24, 2.45) is 0 Å². The van der Waals surface area contributed by atoms with Gasteiger partial charge in [-0.05, 0) is 96.3 Å². The van der Waals surface area contributed by atoms with Crippen LogP contribution in [0, 0.1) is 0 Å². The molecule has 9 nitrogen and oxygen atoms in total. The normalized spacial score (nSPS) is 13.5. The van der Waals surface area contributed by atoms with Crippen molar-refractivity contribution in [2.45, 2.75) is 392 Å². The van der Waals surface area contributed by atoms with E-state index in [9.17, 15) is 19.0 Å². The number of ether oxygens (including phenoxy) is 2. The Morgan fingerprint density at radius 2 is 0.594 bits per heavy atom. The molecule has 0 aromatic rings. The summed E-state index contributed by atoms with van der Waals surface area (Å²) in [7, 11) is 1.18. The Balaban J connectivity index is 3.93. The molecule has 0 heterocycles. The van der Waals surface area contributed by atoms with Crippen molar-refractivity contribution in [1.82, 2.24) is 0 Å². The maximum Gasteiger partial charge on any atom is 0.306 e. The van der Waals surface area contributed by atoms with Crippen molar-refractivity contribution >= 4 is 19.8 Å². The van der Waals surface area contributed by atoms with Crippen LogP contribution in [0.4, 0.5) is 0 Å². The first-order valence-electron chi connectivity index (χ1n) is 40.9. The summed E-state index contributed by atoms with van der Waals surface area (Å²) < 4.78 is 34.4. The van der Waals surface area contributed by atoms with Crippen LogP contribution in [0.1, 0.15) is 386 Å². The molecule has 0 N–H and O–H groups in total. The highest BCUT2D eigenvalue weighted by atomic mass is 31.2. The number of carbonyl (C=O) groups excluding carboxylic acids is 2. The Bertz CT molecular complexity index is 1940. The number of allylic oxidation sites excluding steroid dienone is 16. The fourth-order valence-electron chi connectivity index (χ4n) is 11.9. The van der Waals surface area contributed by atoms with E-state index in [1.54, 1.807) is 0 Å². The van der Waals surface area contributed by atoms with Gasteiger partial charge in [-0.1, -0.05) is 374 Å². The molecule has 0 amide bonds. The van der Waals surface area contributed by atoms with Crippen LogP contribution in [0.3, 0.4) is 0 Å². The second-order valence-electron chi connectivity index (χ2n) is 28.8. The van der Waals surface area contributed by atoms with E-state index in [2.05, 4.69) is 111 Å². The molecule has 0 radical (unpaired) electrons. The molecule has 10 heteroatoms. The summed E-state index contributed by atoms with van der Waals surface area (Å²) in [5.74, 6) is -0.816. The van der Waals surface area contributed by atoms with Gasteiger partial charge in [0.1, 0.15) is 19.8 Å². The van der Waals surface area contributed by atoms with Gasteiger partial charge in [-0.25, -0.2) is 0 Å². The van der Waals surface area contributed by atoms with Gasteiger partial charge in [0, 0.05) is 12.8 Å². The van der Waals surface area contributed by atoms with Crippen LogP contribution in [0.15, 0.2) is 97.2 Å². The maximum absolute atomic E-state index is 12.9. The van der Waals surface area contributed by atoms with Gasteiger partial charge in [0.25, 0.3) is 7.82 Å². The number of phosphoric ester groups is 1. The van der Waals surface area contributed by atoms with Gasteiger partial charge in [-0.3, -0.25) is 14.2 Å². The van der Waals surface area contributed by atoms with E-state index in [0.29, 0.717) is 17.4 Å². The second kappa shape index (κ2) is 76.1. The number of hydrogen-bond donors (Lipinski definition) is 0. The summed E-state index contributed by atoms with van der Waals surface area (Å²) in [4.78, 5) is 38.2. The van der Waals surface area contributed by atoms with Crippen LogP contribution in [-0.4, -0.2) is 70.0 Å². The largest absolute Gasteiger partial charge is 0.756 e. The molecule has 0 saturated heterocycles. The van der Waals surface area contributed by atoms with Gasteiger partial charge in [0.15, 0.2) is 6.10 Å². The molecule has 0 saturated carbocycles. The van der Waals surface area contributed by atoms with Crippen molar-refractivity contribution in [1.29, 1.82) is 0 Å². The molecule has 2 atom stereocenters. The molecule has 0 aliphatic rings. The predicted octanol–water partition coefficient (Wildman–Crippen LogP) is 26.8. The number of esters is 2. The van der Waals surface area contributed by atoms with E-state index in [-0.39, 0.29) is 32.0 Å². The molecular weight excluding hydrogens is 1210 g/mol. The molecule has 0 aromatic carbocycles. The van der Waals surface area contributed by atoms with Gasteiger partial charge in [0.2, 0.25) is 0 Å². The lowest BCUT2D eigenvalue weighted by Crippen LogP contribution is -2.37.